The number of nitrogens with two attached hydrogens (primary N) is 1. The molecule has 0 aliphatic carbocycles. The highest BCUT2D eigenvalue weighted by molar-refractivity contribution is 7.99. The van der Waals surface area contributed by atoms with Crippen LogP contribution in [0, 0.1) is 5.82 Å². The molecule has 0 saturated carbocycles. The highest BCUT2D eigenvalue weighted by Gasteiger charge is 2.14. The zero-order chi connectivity index (χ0) is 13.1. The van der Waals surface area contributed by atoms with Gasteiger partial charge in [-0.15, -0.1) is 11.8 Å². The zero-order valence-corrected chi connectivity index (χ0v) is 11.4. The first-order valence-electron chi connectivity index (χ1n) is 5.56. The standard InChI is InChI=1S/C12H13ClFN3S/c1-2-6-18-11-7-10(15)17(16-11)12-8(13)4-3-5-9(12)14/h3-5,7H,2,6,15H2,1H3. The highest BCUT2D eigenvalue weighted by Crippen LogP contribution is 2.28. The molecule has 1 aromatic heterocycles. The van der Waals surface area contributed by atoms with Crippen LogP contribution in [-0.4, -0.2) is 15.5 Å². The SMILES string of the molecule is CCCSc1cc(N)n(-c2c(F)cccc2Cl)n1. The van der Waals surface area contributed by atoms with E-state index in [9.17, 15) is 4.39 Å². The number of rotatable bonds is 4. The van der Waals surface area contributed by atoms with Gasteiger partial charge in [0.05, 0.1) is 5.02 Å². The van der Waals surface area contributed by atoms with Crippen molar-refractivity contribution in [1.29, 1.82) is 0 Å². The lowest BCUT2D eigenvalue weighted by atomic mass is 10.3. The lowest BCUT2D eigenvalue weighted by molar-refractivity contribution is 0.610. The molecule has 96 valence electrons. The number of thioether (sulfide) groups is 1. The summed E-state index contributed by atoms with van der Waals surface area (Å²) in [7, 11) is 0. The molecule has 18 heavy (non-hydrogen) atoms. The van der Waals surface area contributed by atoms with Crippen LogP contribution in [0.15, 0.2) is 29.3 Å². The minimum Gasteiger partial charge on any atom is -0.384 e. The number of aromatic nitrogens is 2. The average Bonchev–Trinajstić information content (AvgIpc) is 2.68. The summed E-state index contributed by atoms with van der Waals surface area (Å²) < 4.78 is 15.1. The predicted molar refractivity (Wildman–Crippen MR) is 74.0 cm³/mol. The molecular formula is C12H13ClFN3S. The summed E-state index contributed by atoms with van der Waals surface area (Å²) in [5.41, 5.74) is 6.04. The van der Waals surface area contributed by atoms with E-state index < -0.39 is 5.82 Å². The Bertz CT molecular complexity index is 536. The molecule has 2 rings (SSSR count). The normalized spacial score (nSPS) is 10.8. The predicted octanol–water partition coefficient (Wildman–Crippen LogP) is 3.75. The number of halogens is 2. The van der Waals surface area contributed by atoms with Gasteiger partial charge in [-0.05, 0) is 24.3 Å². The van der Waals surface area contributed by atoms with Crippen LogP contribution in [0.5, 0.6) is 0 Å². The van der Waals surface area contributed by atoms with Crippen molar-refractivity contribution in [3.8, 4) is 5.69 Å². The fraction of sp³-hybridized carbons (Fsp3) is 0.250. The van der Waals surface area contributed by atoms with Crippen LogP contribution >= 0.6 is 23.4 Å². The second-order valence-corrected chi connectivity index (χ2v) is 5.26. The van der Waals surface area contributed by atoms with Crippen LogP contribution in [0.25, 0.3) is 5.69 Å². The molecule has 0 saturated heterocycles. The van der Waals surface area contributed by atoms with Gasteiger partial charge in [-0.2, -0.15) is 5.10 Å². The van der Waals surface area contributed by atoms with Gasteiger partial charge in [0.25, 0.3) is 0 Å². The second kappa shape index (κ2) is 5.63. The first-order valence-corrected chi connectivity index (χ1v) is 6.92. The zero-order valence-electron chi connectivity index (χ0n) is 9.86. The van der Waals surface area contributed by atoms with E-state index >= 15 is 0 Å². The molecule has 0 radical (unpaired) electrons. The molecule has 6 heteroatoms. The van der Waals surface area contributed by atoms with E-state index in [1.807, 2.05) is 0 Å². The Kier molecular flexibility index (Phi) is 4.14. The number of hydrogen-bond acceptors (Lipinski definition) is 3. The third-order valence-electron chi connectivity index (χ3n) is 2.32. The monoisotopic (exact) mass is 285 g/mol. The van der Waals surface area contributed by atoms with Crippen molar-refractivity contribution in [2.24, 2.45) is 0 Å². The Balaban J connectivity index is 2.41. The molecule has 0 bridgehead atoms. The molecule has 2 N–H and O–H groups in total. The van der Waals surface area contributed by atoms with Crippen molar-refractivity contribution < 1.29 is 4.39 Å². The number of hydrogen-bond donors (Lipinski definition) is 1. The minimum atomic E-state index is -0.440. The van der Waals surface area contributed by atoms with Crippen LogP contribution in [0.3, 0.4) is 0 Å². The number of nitrogen functional groups attached to an aromatic ring is 1. The molecule has 0 spiro atoms. The molecule has 0 atom stereocenters. The summed E-state index contributed by atoms with van der Waals surface area (Å²) in [5, 5.41) is 5.33. The van der Waals surface area contributed by atoms with Gasteiger partial charge in [0.15, 0.2) is 0 Å². The van der Waals surface area contributed by atoms with Crippen LogP contribution in [0.4, 0.5) is 10.2 Å². The Morgan fingerprint density at radius 2 is 2.28 bits per heavy atom. The fourth-order valence-electron chi connectivity index (χ4n) is 1.52. The van der Waals surface area contributed by atoms with E-state index in [0.29, 0.717) is 5.82 Å². The van der Waals surface area contributed by atoms with E-state index in [0.717, 1.165) is 17.2 Å². The van der Waals surface area contributed by atoms with Gasteiger partial charge in [-0.25, -0.2) is 9.07 Å². The molecule has 0 amide bonds. The quantitative estimate of drug-likeness (QED) is 0.870. The Labute approximate surface area is 114 Å². The van der Waals surface area contributed by atoms with Crippen molar-refractivity contribution in [1.82, 2.24) is 9.78 Å². The van der Waals surface area contributed by atoms with Gasteiger partial charge in [0, 0.05) is 6.07 Å². The summed E-state index contributed by atoms with van der Waals surface area (Å²) in [6, 6.07) is 6.22. The van der Waals surface area contributed by atoms with Gasteiger partial charge >= 0.3 is 0 Å². The van der Waals surface area contributed by atoms with Crippen LogP contribution < -0.4 is 5.73 Å². The summed E-state index contributed by atoms with van der Waals surface area (Å²) in [5.74, 6) is 0.881. The van der Waals surface area contributed by atoms with Crippen molar-refractivity contribution in [2.75, 3.05) is 11.5 Å². The Morgan fingerprint density at radius 3 is 2.94 bits per heavy atom. The van der Waals surface area contributed by atoms with E-state index in [1.54, 1.807) is 30.0 Å². The van der Waals surface area contributed by atoms with Gasteiger partial charge < -0.3 is 5.73 Å². The van der Waals surface area contributed by atoms with E-state index in [-0.39, 0.29) is 10.7 Å². The van der Waals surface area contributed by atoms with Crippen LogP contribution in [0.1, 0.15) is 13.3 Å². The Morgan fingerprint density at radius 1 is 1.50 bits per heavy atom. The van der Waals surface area contributed by atoms with Crippen molar-refractivity contribution in [3.63, 3.8) is 0 Å². The van der Waals surface area contributed by atoms with Gasteiger partial charge in [-0.3, -0.25) is 0 Å². The summed E-state index contributed by atoms with van der Waals surface area (Å²) in [6.45, 7) is 2.08. The number of anilines is 1. The van der Waals surface area contributed by atoms with Gasteiger partial charge in [-0.1, -0.05) is 24.6 Å². The molecule has 0 fully saturated rings. The maximum absolute atomic E-state index is 13.8. The van der Waals surface area contributed by atoms with Crippen molar-refractivity contribution in [3.05, 3.63) is 35.1 Å². The summed E-state index contributed by atoms with van der Waals surface area (Å²) in [4.78, 5) is 0. The summed E-state index contributed by atoms with van der Waals surface area (Å²) >= 11 is 7.57. The maximum atomic E-state index is 13.8. The first kappa shape index (κ1) is 13.2. The first-order chi connectivity index (χ1) is 8.63. The number of benzene rings is 1. The largest absolute Gasteiger partial charge is 0.384 e. The average molecular weight is 286 g/mol. The molecule has 0 unspecified atom stereocenters. The van der Waals surface area contributed by atoms with Crippen molar-refractivity contribution in [2.45, 2.75) is 18.4 Å². The van der Waals surface area contributed by atoms with Crippen LogP contribution in [0.2, 0.25) is 5.02 Å². The molecule has 3 nitrogen and oxygen atoms in total. The Hall–Kier alpha value is -1.20. The smallest absolute Gasteiger partial charge is 0.150 e. The van der Waals surface area contributed by atoms with Gasteiger partial charge in [0.2, 0.25) is 0 Å². The molecular weight excluding hydrogens is 273 g/mol. The molecule has 1 aromatic carbocycles. The third-order valence-corrected chi connectivity index (χ3v) is 3.73. The fourth-order valence-corrected chi connectivity index (χ4v) is 2.52. The van der Waals surface area contributed by atoms with Gasteiger partial charge in [0.1, 0.15) is 22.3 Å². The lowest BCUT2D eigenvalue weighted by Crippen LogP contribution is -2.04. The number of para-hydroxylation sites is 1. The van der Waals surface area contributed by atoms with Crippen LogP contribution in [-0.2, 0) is 0 Å². The highest BCUT2D eigenvalue weighted by atomic mass is 35.5. The molecule has 0 aliphatic rings. The second-order valence-electron chi connectivity index (χ2n) is 3.74. The molecule has 1 heterocycles. The molecule has 2 aromatic rings. The topological polar surface area (TPSA) is 43.8 Å². The molecule has 0 aliphatic heterocycles. The lowest BCUT2D eigenvalue weighted by Gasteiger charge is -2.07. The minimum absolute atomic E-state index is 0.194. The van der Waals surface area contributed by atoms with E-state index in [2.05, 4.69) is 12.0 Å². The number of nitrogens with zero attached hydrogens (tertiary/aromatic N) is 2. The van der Waals surface area contributed by atoms with E-state index in [4.69, 9.17) is 17.3 Å². The maximum Gasteiger partial charge on any atom is 0.150 e. The summed E-state index contributed by atoms with van der Waals surface area (Å²) in [6.07, 6.45) is 1.04. The van der Waals surface area contributed by atoms with Crippen molar-refractivity contribution >= 4 is 29.2 Å². The van der Waals surface area contributed by atoms with E-state index in [1.165, 1.54) is 10.7 Å². The third kappa shape index (κ3) is 2.62.